The van der Waals surface area contributed by atoms with Gasteiger partial charge in [-0.3, -0.25) is 0 Å². The maximum absolute atomic E-state index is 3.30. The van der Waals surface area contributed by atoms with Gasteiger partial charge in [-0.05, 0) is 17.9 Å². The quantitative estimate of drug-likeness (QED) is 0.659. The number of nitrogens with one attached hydrogen (secondary N) is 1. The van der Waals surface area contributed by atoms with Gasteiger partial charge in [-0.2, -0.15) is 11.3 Å². The van der Waals surface area contributed by atoms with Crippen LogP contribution in [0.3, 0.4) is 0 Å². The van der Waals surface area contributed by atoms with Crippen LogP contribution in [0.1, 0.15) is 6.42 Å². The Hall–Kier alpha value is -0.540. The fourth-order valence-electron chi connectivity index (χ4n) is 1.16. The van der Waals surface area contributed by atoms with Crippen molar-refractivity contribution in [1.82, 2.24) is 5.43 Å². The molecule has 1 aliphatic heterocycles. The number of rotatable bonds is 1. The van der Waals surface area contributed by atoms with Gasteiger partial charge in [-0.1, -0.05) is 0 Å². The van der Waals surface area contributed by atoms with E-state index in [0.717, 1.165) is 13.1 Å². The summed E-state index contributed by atoms with van der Waals surface area (Å²) >= 11 is 1.74. The molecule has 0 radical (unpaired) electrons. The van der Waals surface area contributed by atoms with Crippen LogP contribution in [0.4, 0.5) is 5.69 Å². The zero-order chi connectivity index (χ0) is 6.81. The average Bonchev–Trinajstić information content (AvgIpc) is 2.59. The van der Waals surface area contributed by atoms with Crippen LogP contribution in [-0.2, 0) is 0 Å². The molecule has 0 saturated carbocycles. The van der Waals surface area contributed by atoms with Crippen LogP contribution in [0.5, 0.6) is 0 Å². The van der Waals surface area contributed by atoms with Crippen LogP contribution < -0.4 is 10.4 Å². The molecule has 0 atom stereocenters. The second kappa shape index (κ2) is 2.60. The van der Waals surface area contributed by atoms with E-state index < -0.39 is 0 Å². The molecule has 1 aromatic heterocycles. The first kappa shape index (κ1) is 6.19. The van der Waals surface area contributed by atoms with Crippen molar-refractivity contribution >= 4 is 17.0 Å². The van der Waals surface area contributed by atoms with Crippen molar-refractivity contribution < 1.29 is 0 Å². The molecule has 1 saturated heterocycles. The third-order valence-electron chi connectivity index (χ3n) is 1.68. The number of thiophene rings is 1. The molecule has 0 unspecified atom stereocenters. The largest absolute Gasteiger partial charge is 0.308 e. The highest BCUT2D eigenvalue weighted by molar-refractivity contribution is 7.08. The van der Waals surface area contributed by atoms with Crippen LogP contribution in [0.15, 0.2) is 16.8 Å². The Morgan fingerprint density at radius 2 is 2.60 bits per heavy atom. The number of hydrazine groups is 1. The Balaban J connectivity index is 2.12. The van der Waals surface area contributed by atoms with Gasteiger partial charge in [0.25, 0.3) is 0 Å². The first-order valence-corrected chi connectivity index (χ1v) is 4.44. The van der Waals surface area contributed by atoms with Crippen LogP contribution in [0.2, 0.25) is 0 Å². The highest BCUT2D eigenvalue weighted by Crippen LogP contribution is 2.17. The number of anilines is 1. The van der Waals surface area contributed by atoms with Crippen LogP contribution >= 0.6 is 11.3 Å². The van der Waals surface area contributed by atoms with Gasteiger partial charge in [0.15, 0.2) is 0 Å². The molecule has 2 nitrogen and oxygen atoms in total. The minimum atomic E-state index is 1.12. The molecule has 3 heteroatoms. The van der Waals surface area contributed by atoms with E-state index in [4.69, 9.17) is 0 Å². The Morgan fingerprint density at radius 3 is 3.20 bits per heavy atom. The van der Waals surface area contributed by atoms with E-state index in [1.54, 1.807) is 11.3 Å². The summed E-state index contributed by atoms with van der Waals surface area (Å²) < 4.78 is 0. The molecule has 0 aliphatic carbocycles. The fraction of sp³-hybridized carbons (Fsp3) is 0.429. The first-order chi connectivity index (χ1) is 4.97. The summed E-state index contributed by atoms with van der Waals surface area (Å²) in [7, 11) is 0. The Bertz CT molecular complexity index is 189. The molecule has 2 rings (SSSR count). The highest BCUT2D eigenvalue weighted by atomic mass is 32.1. The van der Waals surface area contributed by atoms with Crippen molar-refractivity contribution in [3.63, 3.8) is 0 Å². The lowest BCUT2D eigenvalue weighted by Crippen LogP contribution is -2.29. The van der Waals surface area contributed by atoms with Crippen molar-refractivity contribution in [2.45, 2.75) is 6.42 Å². The lowest BCUT2D eigenvalue weighted by molar-refractivity contribution is 0.789. The van der Waals surface area contributed by atoms with Gasteiger partial charge in [-0.15, -0.1) is 0 Å². The summed E-state index contributed by atoms with van der Waals surface area (Å²) in [6, 6.07) is 2.14. The molecule has 0 spiro atoms. The predicted octanol–water partition coefficient (Wildman–Crippen LogP) is 1.46. The summed E-state index contributed by atoms with van der Waals surface area (Å²) in [5.41, 5.74) is 4.61. The minimum Gasteiger partial charge on any atom is -0.308 e. The molecule has 0 bridgehead atoms. The van der Waals surface area contributed by atoms with Gasteiger partial charge in [0.2, 0.25) is 0 Å². The average molecular weight is 154 g/mol. The monoisotopic (exact) mass is 154 g/mol. The molecular formula is C7H10N2S. The molecule has 1 fully saturated rings. The highest BCUT2D eigenvalue weighted by Gasteiger charge is 2.10. The van der Waals surface area contributed by atoms with Crippen molar-refractivity contribution in [1.29, 1.82) is 0 Å². The van der Waals surface area contributed by atoms with Gasteiger partial charge in [-0.25, -0.2) is 5.43 Å². The molecule has 1 aromatic rings. The van der Waals surface area contributed by atoms with Gasteiger partial charge >= 0.3 is 0 Å². The van der Waals surface area contributed by atoms with E-state index in [-0.39, 0.29) is 0 Å². The topological polar surface area (TPSA) is 15.3 Å². The smallest absolute Gasteiger partial charge is 0.0626 e. The van der Waals surface area contributed by atoms with Gasteiger partial charge < -0.3 is 5.01 Å². The van der Waals surface area contributed by atoms with Crippen LogP contribution in [0, 0.1) is 0 Å². The first-order valence-electron chi connectivity index (χ1n) is 3.50. The standard InChI is InChI=1S/C7H10N2S/c1-3-8-9(4-1)7-2-5-10-6-7/h2,5-6,8H,1,3-4H2. The molecule has 2 heterocycles. The van der Waals surface area contributed by atoms with Crippen molar-refractivity contribution in [3.8, 4) is 0 Å². The number of hydrogen-bond donors (Lipinski definition) is 1. The molecule has 1 N–H and O–H groups in total. The Morgan fingerprint density at radius 1 is 1.60 bits per heavy atom. The van der Waals surface area contributed by atoms with Gasteiger partial charge in [0.1, 0.15) is 0 Å². The third-order valence-corrected chi connectivity index (χ3v) is 2.35. The lowest BCUT2D eigenvalue weighted by Gasteiger charge is -2.14. The van der Waals surface area contributed by atoms with Crippen molar-refractivity contribution in [3.05, 3.63) is 16.8 Å². The van der Waals surface area contributed by atoms with E-state index in [9.17, 15) is 0 Å². The maximum atomic E-state index is 3.30. The number of hydrogen-bond acceptors (Lipinski definition) is 3. The summed E-state index contributed by atoms with van der Waals surface area (Å²) in [6.45, 7) is 2.27. The molecule has 0 aromatic carbocycles. The van der Waals surface area contributed by atoms with Crippen LogP contribution in [-0.4, -0.2) is 13.1 Å². The fourth-order valence-corrected chi connectivity index (χ4v) is 1.80. The molecule has 1 aliphatic rings. The van der Waals surface area contributed by atoms with E-state index in [0.29, 0.717) is 0 Å². The third kappa shape index (κ3) is 1.02. The van der Waals surface area contributed by atoms with E-state index in [1.165, 1.54) is 12.1 Å². The maximum Gasteiger partial charge on any atom is 0.0626 e. The van der Waals surface area contributed by atoms with Gasteiger partial charge in [0, 0.05) is 18.5 Å². The van der Waals surface area contributed by atoms with E-state index in [1.807, 2.05) is 0 Å². The van der Waals surface area contributed by atoms with Crippen molar-refractivity contribution in [2.24, 2.45) is 0 Å². The number of nitrogens with zero attached hydrogens (tertiary/aromatic N) is 1. The SMILES string of the molecule is c1cc(N2CCCN2)cs1. The predicted molar refractivity (Wildman–Crippen MR) is 44.3 cm³/mol. The normalized spacial score (nSPS) is 18.2. The lowest BCUT2D eigenvalue weighted by atomic mass is 10.4. The van der Waals surface area contributed by atoms with Crippen LogP contribution in [0.25, 0.3) is 0 Å². The Kier molecular flexibility index (Phi) is 1.61. The second-order valence-corrected chi connectivity index (χ2v) is 3.17. The molecule has 0 amide bonds. The van der Waals surface area contributed by atoms with E-state index >= 15 is 0 Å². The zero-order valence-corrected chi connectivity index (χ0v) is 6.53. The molecule has 10 heavy (non-hydrogen) atoms. The molecular weight excluding hydrogens is 144 g/mol. The summed E-state index contributed by atoms with van der Waals surface area (Å²) in [5.74, 6) is 0. The summed E-state index contributed by atoms with van der Waals surface area (Å²) in [4.78, 5) is 0. The summed E-state index contributed by atoms with van der Waals surface area (Å²) in [6.07, 6.45) is 1.26. The van der Waals surface area contributed by atoms with E-state index in [2.05, 4.69) is 27.3 Å². The van der Waals surface area contributed by atoms with Crippen molar-refractivity contribution in [2.75, 3.05) is 18.1 Å². The van der Waals surface area contributed by atoms with Gasteiger partial charge in [0.05, 0.1) is 5.69 Å². The molecule has 54 valence electrons. The summed E-state index contributed by atoms with van der Waals surface area (Å²) in [5, 5.41) is 6.48. The second-order valence-electron chi connectivity index (χ2n) is 2.39. The zero-order valence-electron chi connectivity index (χ0n) is 5.71. The Labute approximate surface area is 64.4 Å². The minimum absolute atomic E-state index is 1.12.